The van der Waals surface area contributed by atoms with Gasteiger partial charge in [0.05, 0.1) is 13.7 Å². The summed E-state index contributed by atoms with van der Waals surface area (Å²) in [5, 5.41) is 69.4. The van der Waals surface area contributed by atoms with E-state index >= 15 is 0 Å². The van der Waals surface area contributed by atoms with Gasteiger partial charge in [-0.05, 0) is 18.2 Å². The van der Waals surface area contributed by atoms with E-state index in [2.05, 4.69) is 0 Å². The molecular weight excluding hydrogens is 456 g/mol. The summed E-state index contributed by atoms with van der Waals surface area (Å²) in [4.78, 5) is 13.3. The number of hydrogen-bond donors (Lipinski definition) is 7. The van der Waals surface area contributed by atoms with Crippen LogP contribution in [0.4, 0.5) is 0 Å². The van der Waals surface area contributed by atoms with Crippen LogP contribution in [0.1, 0.15) is 0 Å². The van der Waals surface area contributed by atoms with Crippen molar-refractivity contribution < 1.29 is 54.4 Å². The van der Waals surface area contributed by atoms with Crippen molar-refractivity contribution >= 4 is 11.0 Å². The third-order valence-electron chi connectivity index (χ3n) is 5.44. The molecule has 34 heavy (non-hydrogen) atoms. The highest BCUT2D eigenvalue weighted by atomic mass is 16.7. The molecule has 0 saturated carbocycles. The molecule has 0 unspecified atom stereocenters. The van der Waals surface area contributed by atoms with E-state index in [4.69, 9.17) is 18.6 Å². The number of aromatic hydroxyl groups is 3. The summed E-state index contributed by atoms with van der Waals surface area (Å²) >= 11 is 0. The maximum atomic E-state index is 13.3. The normalized spacial score (nSPS) is 24.8. The van der Waals surface area contributed by atoms with Gasteiger partial charge in [0.15, 0.2) is 17.3 Å². The van der Waals surface area contributed by atoms with Gasteiger partial charge in [0.1, 0.15) is 46.9 Å². The fourth-order valence-electron chi connectivity index (χ4n) is 3.67. The van der Waals surface area contributed by atoms with Gasteiger partial charge in [-0.25, -0.2) is 0 Å². The van der Waals surface area contributed by atoms with Gasteiger partial charge >= 0.3 is 0 Å². The molecule has 1 aromatic heterocycles. The van der Waals surface area contributed by atoms with Crippen molar-refractivity contribution in [3.05, 3.63) is 40.6 Å². The van der Waals surface area contributed by atoms with Crippen molar-refractivity contribution in [2.45, 2.75) is 30.7 Å². The Morgan fingerprint density at radius 1 is 0.971 bits per heavy atom. The zero-order valence-electron chi connectivity index (χ0n) is 17.7. The quantitative estimate of drug-likeness (QED) is 0.254. The number of benzene rings is 2. The molecule has 2 heterocycles. The molecule has 0 radical (unpaired) electrons. The Balaban J connectivity index is 1.92. The van der Waals surface area contributed by atoms with Crippen LogP contribution in [0.15, 0.2) is 39.5 Å². The molecule has 2 aromatic carbocycles. The van der Waals surface area contributed by atoms with Crippen LogP contribution in [-0.4, -0.2) is 80.2 Å². The summed E-state index contributed by atoms with van der Waals surface area (Å²) in [7, 11) is 1.30. The molecule has 182 valence electrons. The first-order valence-electron chi connectivity index (χ1n) is 10.0. The molecule has 12 heteroatoms. The fraction of sp³-hybridized carbons (Fsp3) is 0.318. The number of hydrogen-bond acceptors (Lipinski definition) is 12. The summed E-state index contributed by atoms with van der Waals surface area (Å²) in [6.07, 6.45) is -8.29. The minimum absolute atomic E-state index is 0.0257. The molecule has 0 spiro atoms. The van der Waals surface area contributed by atoms with Crippen LogP contribution in [0.25, 0.3) is 22.3 Å². The van der Waals surface area contributed by atoms with Crippen LogP contribution in [0, 0.1) is 0 Å². The van der Waals surface area contributed by atoms with E-state index in [9.17, 15) is 40.5 Å². The van der Waals surface area contributed by atoms with Crippen LogP contribution in [0.5, 0.6) is 28.7 Å². The maximum absolute atomic E-state index is 13.3. The minimum atomic E-state index is -1.83. The molecule has 1 aliphatic rings. The average molecular weight is 478 g/mol. The molecule has 0 bridgehead atoms. The van der Waals surface area contributed by atoms with Crippen molar-refractivity contribution in [2.75, 3.05) is 13.7 Å². The van der Waals surface area contributed by atoms with Crippen LogP contribution >= 0.6 is 0 Å². The lowest BCUT2D eigenvalue weighted by Gasteiger charge is -2.39. The molecule has 4 rings (SSSR count). The largest absolute Gasteiger partial charge is 0.508 e. The van der Waals surface area contributed by atoms with Crippen LogP contribution in [0.3, 0.4) is 0 Å². The van der Waals surface area contributed by atoms with E-state index in [1.54, 1.807) is 0 Å². The standard InChI is InChI=1S/C22H22O12/c1-31-12-4-8(2-3-10(12)25)20-21(17(28)15-11(26)5-9(24)6-13(15)32-20)34-22-19(30)18(29)16(27)14(7-23)33-22/h2-6,14,16,18-19,22-27,29-30H,7H2,1H3/t14-,16+,18+,19-,22-/m1/s1. The average Bonchev–Trinajstić information content (AvgIpc) is 2.80. The summed E-state index contributed by atoms with van der Waals surface area (Å²) in [5.74, 6) is -2.00. The van der Waals surface area contributed by atoms with Gasteiger partial charge in [-0.3, -0.25) is 4.79 Å². The van der Waals surface area contributed by atoms with E-state index in [-0.39, 0.29) is 39.5 Å². The molecule has 1 aliphatic heterocycles. The summed E-state index contributed by atoms with van der Waals surface area (Å²) in [5.41, 5.74) is -0.959. The molecular formula is C22H22O12. The monoisotopic (exact) mass is 478 g/mol. The second-order valence-electron chi connectivity index (χ2n) is 7.63. The zero-order valence-corrected chi connectivity index (χ0v) is 17.7. The maximum Gasteiger partial charge on any atom is 0.239 e. The first kappa shape index (κ1) is 23.6. The predicted octanol–water partition coefficient (Wildman–Crippen LogP) is -0.236. The van der Waals surface area contributed by atoms with Crippen molar-refractivity contribution in [1.29, 1.82) is 0 Å². The number of aliphatic hydroxyl groups excluding tert-OH is 4. The molecule has 7 N–H and O–H groups in total. The Labute approximate surface area is 191 Å². The highest BCUT2D eigenvalue weighted by molar-refractivity contribution is 5.88. The van der Waals surface area contributed by atoms with Gasteiger partial charge in [-0.15, -0.1) is 0 Å². The zero-order chi connectivity index (χ0) is 24.7. The highest BCUT2D eigenvalue weighted by Crippen LogP contribution is 2.39. The molecule has 0 amide bonds. The van der Waals surface area contributed by atoms with Crippen molar-refractivity contribution in [3.63, 3.8) is 0 Å². The Bertz CT molecular complexity index is 1270. The SMILES string of the molecule is COc1cc(-c2oc3cc(O)cc(O)c3c(=O)c2O[C@H]2O[C@H](CO)[C@H](O)[C@H](O)[C@H]2O)ccc1O. The van der Waals surface area contributed by atoms with E-state index in [1.165, 1.54) is 25.3 Å². The number of phenolic OH excluding ortho intramolecular Hbond substituents is 3. The first-order chi connectivity index (χ1) is 16.2. The number of phenols is 3. The topological polar surface area (TPSA) is 200 Å². The lowest BCUT2D eigenvalue weighted by Crippen LogP contribution is -2.60. The minimum Gasteiger partial charge on any atom is -0.508 e. The number of ether oxygens (including phenoxy) is 3. The van der Waals surface area contributed by atoms with E-state index < -0.39 is 54.2 Å². The van der Waals surface area contributed by atoms with Gasteiger partial charge in [-0.1, -0.05) is 0 Å². The third-order valence-corrected chi connectivity index (χ3v) is 5.44. The van der Waals surface area contributed by atoms with Gasteiger partial charge in [0.25, 0.3) is 0 Å². The van der Waals surface area contributed by atoms with Crippen molar-refractivity contribution in [3.8, 4) is 40.1 Å². The first-order valence-corrected chi connectivity index (χ1v) is 10.0. The van der Waals surface area contributed by atoms with E-state index in [0.717, 1.165) is 12.1 Å². The lowest BCUT2D eigenvalue weighted by molar-refractivity contribution is -0.277. The molecule has 0 aliphatic carbocycles. The molecule has 1 saturated heterocycles. The molecule has 3 aromatic rings. The Morgan fingerprint density at radius 2 is 1.71 bits per heavy atom. The molecule has 5 atom stereocenters. The highest BCUT2D eigenvalue weighted by Gasteiger charge is 2.45. The number of methoxy groups -OCH3 is 1. The van der Waals surface area contributed by atoms with Crippen LogP contribution in [0.2, 0.25) is 0 Å². The number of rotatable bonds is 5. The van der Waals surface area contributed by atoms with Crippen LogP contribution in [-0.2, 0) is 4.74 Å². The van der Waals surface area contributed by atoms with Gasteiger partial charge in [-0.2, -0.15) is 0 Å². The van der Waals surface area contributed by atoms with Crippen molar-refractivity contribution in [1.82, 2.24) is 0 Å². The van der Waals surface area contributed by atoms with Crippen LogP contribution < -0.4 is 14.9 Å². The number of aliphatic hydroxyl groups is 4. The fourth-order valence-corrected chi connectivity index (χ4v) is 3.67. The van der Waals surface area contributed by atoms with E-state index in [1.807, 2.05) is 0 Å². The molecule has 12 nitrogen and oxygen atoms in total. The third kappa shape index (κ3) is 3.97. The second-order valence-corrected chi connectivity index (χ2v) is 7.63. The second kappa shape index (κ2) is 9.00. The van der Waals surface area contributed by atoms with Crippen molar-refractivity contribution in [2.24, 2.45) is 0 Å². The summed E-state index contributed by atoms with van der Waals surface area (Å²) < 4.78 is 21.8. The number of fused-ring (bicyclic) bond motifs is 1. The van der Waals surface area contributed by atoms with Gasteiger partial charge in [0.2, 0.25) is 17.5 Å². The predicted molar refractivity (Wildman–Crippen MR) is 114 cm³/mol. The lowest BCUT2D eigenvalue weighted by atomic mass is 9.99. The van der Waals surface area contributed by atoms with Gasteiger partial charge in [0, 0.05) is 17.7 Å². The summed E-state index contributed by atoms with van der Waals surface area (Å²) in [6.45, 7) is -0.723. The summed E-state index contributed by atoms with van der Waals surface area (Å²) in [6, 6.07) is 5.96. The van der Waals surface area contributed by atoms with E-state index in [0.29, 0.717) is 0 Å². The Hall–Kier alpha value is -3.55. The Morgan fingerprint density at radius 3 is 2.38 bits per heavy atom. The smallest absolute Gasteiger partial charge is 0.239 e. The Kier molecular flexibility index (Phi) is 6.25. The van der Waals surface area contributed by atoms with Gasteiger partial charge < -0.3 is 54.4 Å². The molecule has 1 fully saturated rings.